The Kier molecular flexibility index (Phi) is 3.44. The Hall–Kier alpha value is -1.81. The predicted molar refractivity (Wildman–Crippen MR) is 67.2 cm³/mol. The molecule has 0 aliphatic carbocycles. The lowest BCUT2D eigenvalue weighted by molar-refractivity contribution is -0.254. The normalized spacial score (nSPS) is 10.2. The molecule has 1 heterocycles. The number of thiophene rings is 1. The fourth-order valence-electron chi connectivity index (χ4n) is 1.58. The molecule has 0 unspecified atom stereocenters. The number of carbonyl (C=O) groups excluding carboxylic acids is 1. The second kappa shape index (κ2) is 5.01. The van der Waals surface area contributed by atoms with E-state index in [1.807, 2.05) is 19.1 Å². The quantitative estimate of drug-likeness (QED) is 0.898. The SMILES string of the molecule is Cc1ccc(CNc2ccccc2C(=O)[O-])s1. The summed E-state index contributed by atoms with van der Waals surface area (Å²) in [5.74, 6) is -1.16. The van der Waals surface area contributed by atoms with Gasteiger partial charge in [-0.15, -0.1) is 11.3 Å². The fourth-order valence-corrected chi connectivity index (χ4v) is 2.41. The molecule has 0 bridgehead atoms. The van der Waals surface area contributed by atoms with E-state index in [1.165, 1.54) is 15.8 Å². The summed E-state index contributed by atoms with van der Waals surface area (Å²) in [5.41, 5.74) is 0.791. The molecule has 0 aliphatic heterocycles. The summed E-state index contributed by atoms with van der Waals surface area (Å²) in [6.45, 7) is 2.67. The molecule has 17 heavy (non-hydrogen) atoms. The van der Waals surface area contributed by atoms with Crippen molar-refractivity contribution < 1.29 is 9.90 Å². The van der Waals surface area contributed by atoms with Gasteiger partial charge in [0.25, 0.3) is 0 Å². The van der Waals surface area contributed by atoms with E-state index in [4.69, 9.17) is 0 Å². The highest BCUT2D eigenvalue weighted by atomic mass is 32.1. The summed E-state index contributed by atoms with van der Waals surface area (Å²) in [7, 11) is 0. The average Bonchev–Trinajstić information content (AvgIpc) is 2.73. The molecule has 1 aromatic heterocycles. The first-order chi connectivity index (χ1) is 8.16. The molecule has 1 N–H and O–H groups in total. The van der Waals surface area contributed by atoms with Crippen LogP contribution in [0.15, 0.2) is 36.4 Å². The molecule has 0 atom stereocenters. The fraction of sp³-hybridized carbons (Fsp3) is 0.154. The number of carbonyl (C=O) groups is 1. The van der Waals surface area contributed by atoms with Crippen LogP contribution in [0.1, 0.15) is 20.1 Å². The minimum Gasteiger partial charge on any atom is -0.545 e. The number of hydrogen-bond donors (Lipinski definition) is 1. The van der Waals surface area contributed by atoms with Gasteiger partial charge in [0.15, 0.2) is 0 Å². The zero-order chi connectivity index (χ0) is 12.3. The lowest BCUT2D eigenvalue weighted by Crippen LogP contribution is -2.23. The standard InChI is InChI=1S/C13H13NO2S/c1-9-6-7-10(17-9)8-14-12-5-3-2-4-11(12)13(15)16/h2-7,14H,8H2,1H3,(H,15,16)/p-1. The van der Waals surface area contributed by atoms with Gasteiger partial charge in [-0.2, -0.15) is 0 Å². The Morgan fingerprint density at radius 1 is 1.29 bits per heavy atom. The highest BCUT2D eigenvalue weighted by Gasteiger charge is 2.02. The Bertz CT molecular complexity index is 534. The molecular weight excluding hydrogens is 234 g/mol. The number of para-hydroxylation sites is 1. The molecule has 0 spiro atoms. The van der Waals surface area contributed by atoms with E-state index in [-0.39, 0.29) is 5.56 Å². The van der Waals surface area contributed by atoms with Gasteiger partial charge in [-0.05, 0) is 25.1 Å². The first-order valence-corrected chi connectivity index (χ1v) is 6.08. The molecule has 0 fully saturated rings. The maximum Gasteiger partial charge on any atom is 0.0736 e. The Balaban J connectivity index is 2.11. The van der Waals surface area contributed by atoms with Crippen molar-refractivity contribution in [3.63, 3.8) is 0 Å². The van der Waals surface area contributed by atoms with Crippen LogP contribution in [-0.4, -0.2) is 5.97 Å². The van der Waals surface area contributed by atoms with Crippen molar-refractivity contribution in [1.82, 2.24) is 0 Å². The van der Waals surface area contributed by atoms with Gasteiger partial charge >= 0.3 is 0 Å². The van der Waals surface area contributed by atoms with Crippen molar-refractivity contribution in [2.45, 2.75) is 13.5 Å². The number of benzene rings is 1. The van der Waals surface area contributed by atoms with Crippen LogP contribution in [0, 0.1) is 6.92 Å². The lowest BCUT2D eigenvalue weighted by atomic mass is 10.2. The van der Waals surface area contributed by atoms with E-state index < -0.39 is 5.97 Å². The highest BCUT2D eigenvalue weighted by molar-refractivity contribution is 7.11. The number of rotatable bonds is 4. The second-order valence-corrected chi connectivity index (χ2v) is 5.07. The number of carboxylic acids is 1. The molecule has 0 saturated heterocycles. The van der Waals surface area contributed by atoms with Gasteiger partial charge in [0.05, 0.1) is 5.97 Å². The van der Waals surface area contributed by atoms with E-state index >= 15 is 0 Å². The Morgan fingerprint density at radius 3 is 2.71 bits per heavy atom. The van der Waals surface area contributed by atoms with Crippen molar-refractivity contribution >= 4 is 23.0 Å². The molecule has 0 saturated carbocycles. The summed E-state index contributed by atoms with van der Waals surface area (Å²) in [5, 5.41) is 14.0. The summed E-state index contributed by atoms with van der Waals surface area (Å²) in [4.78, 5) is 13.3. The Labute approximate surface area is 104 Å². The minimum absolute atomic E-state index is 0.195. The molecule has 3 nitrogen and oxygen atoms in total. The minimum atomic E-state index is -1.16. The summed E-state index contributed by atoms with van der Waals surface area (Å²) >= 11 is 1.70. The number of anilines is 1. The maximum atomic E-state index is 10.9. The first kappa shape index (κ1) is 11.7. The molecule has 1 aromatic carbocycles. The van der Waals surface area contributed by atoms with Crippen LogP contribution >= 0.6 is 11.3 Å². The number of aryl methyl sites for hydroxylation is 1. The molecule has 0 radical (unpaired) electrons. The van der Waals surface area contributed by atoms with Crippen LogP contribution in [0.4, 0.5) is 5.69 Å². The molecule has 0 amide bonds. The molecular formula is C13H12NO2S-. The van der Waals surface area contributed by atoms with Crippen molar-refractivity contribution in [3.05, 3.63) is 51.7 Å². The van der Waals surface area contributed by atoms with Gasteiger partial charge in [-0.3, -0.25) is 0 Å². The van der Waals surface area contributed by atoms with Gasteiger partial charge in [0.2, 0.25) is 0 Å². The van der Waals surface area contributed by atoms with E-state index in [1.54, 1.807) is 29.5 Å². The van der Waals surface area contributed by atoms with Gasteiger partial charge in [-0.25, -0.2) is 0 Å². The second-order valence-electron chi connectivity index (χ2n) is 3.70. The third kappa shape index (κ3) is 2.85. The van der Waals surface area contributed by atoms with Crippen LogP contribution in [-0.2, 0) is 6.54 Å². The van der Waals surface area contributed by atoms with E-state index in [0.717, 1.165) is 0 Å². The van der Waals surface area contributed by atoms with Crippen LogP contribution in [0.5, 0.6) is 0 Å². The zero-order valence-corrected chi connectivity index (χ0v) is 10.2. The molecule has 0 aliphatic rings. The summed E-state index contributed by atoms with van der Waals surface area (Å²) in [6, 6.07) is 10.9. The largest absolute Gasteiger partial charge is 0.545 e. The van der Waals surface area contributed by atoms with Gasteiger partial charge < -0.3 is 15.2 Å². The highest BCUT2D eigenvalue weighted by Crippen LogP contribution is 2.19. The maximum absolute atomic E-state index is 10.9. The smallest absolute Gasteiger partial charge is 0.0736 e. The summed E-state index contributed by atoms with van der Waals surface area (Å²) < 4.78 is 0. The van der Waals surface area contributed by atoms with Crippen LogP contribution in [0.3, 0.4) is 0 Å². The number of aromatic carboxylic acids is 1. The molecule has 4 heteroatoms. The number of hydrogen-bond acceptors (Lipinski definition) is 4. The van der Waals surface area contributed by atoms with Gasteiger partial charge in [0.1, 0.15) is 0 Å². The third-order valence-electron chi connectivity index (χ3n) is 2.40. The van der Waals surface area contributed by atoms with Crippen LogP contribution in [0.25, 0.3) is 0 Å². The molecule has 88 valence electrons. The van der Waals surface area contributed by atoms with E-state index in [9.17, 15) is 9.90 Å². The van der Waals surface area contributed by atoms with Crippen molar-refractivity contribution in [2.24, 2.45) is 0 Å². The zero-order valence-electron chi connectivity index (χ0n) is 9.40. The molecule has 2 aromatic rings. The van der Waals surface area contributed by atoms with E-state index in [0.29, 0.717) is 12.2 Å². The van der Waals surface area contributed by atoms with Gasteiger partial charge in [0, 0.05) is 27.5 Å². The van der Waals surface area contributed by atoms with Crippen molar-refractivity contribution in [1.29, 1.82) is 0 Å². The van der Waals surface area contributed by atoms with Crippen LogP contribution < -0.4 is 10.4 Å². The van der Waals surface area contributed by atoms with Crippen molar-refractivity contribution in [2.75, 3.05) is 5.32 Å². The lowest BCUT2D eigenvalue weighted by Gasteiger charge is -2.11. The summed E-state index contributed by atoms with van der Waals surface area (Å²) in [6.07, 6.45) is 0. The number of nitrogens with one attached hydrogen (secondary N) is 1. The monoisotopic (exact) mass is 246 g/mol. The Morgan fingerprint density at radius 2 is 2.06 bits per heavy atom. The van der Waals surface area contributed by atoms with Crippen molar-refractivity contribution in [3.8, 4) is 0 Å². The van der Waals surface area contributed by atoms with Crippen LogP contribution in [0.2, 0.25) is 0 Å². The molecule has 2 rings (SSSR count). The predicted octanol–water partition coefficient (Wildman–Crippen LogP) is 2.03. The number of carboxylic acid groups (broad SMARTS) is 1. The average molecular weight is 246 g/mol. The topological polar surface area (TPSA) is 52.2 Å². The van der Waals surface area contributed by atoms with Gasteiger partial charge in [-0.1, -0.05) is 18.2 Å². The third-order valence-corrected chi connectivity index (χ3v) is 3.40. The first-order valence-electron chi connectivity index (χ1n) is 5.26. The van der Waals surface area contributed by atoms with E-state index in [2.05, 4.69) is 5.32 Å².